The zero-order valence-electron chi connectivity index (χ0n) is 17.4. The van der Waals surface area contributed by atoms with E-state index in [2.05, 4.69) is 0 Å². The second-order valence-electron chi connectivity index (χ2n) is 10.5. The van der Waals surface area contributed by atoms with Gasteiger partial charge in [0.2, 0.25) is 0 Å². The zero-order valence-corrected chi connectivity index (χ0v) is 18.2. The minimum Gasteiger partial charge on any atom is -0.455 e. The smallest absolute Gasteiger partial charge is 0.312 e. The fraction of sp³-hybridized carbons (Fsp3) is 0.905. The molecule has 1 heterocycles. The Morgan fingerprint density at radius 1 is 1.17 bits per heavy atom. The molecule has 7 nitrogen and oxygen atoms in total. The standard InChI is InChI=1S/C21H33NO6S/c1-14(2)10-22(17-3-4-29(26,27)12-17)18(23)11-28-19(24)20-6-15-5-16(7-20)9-21(25,8-15)13-20/h14-17,25H,3-13H2,1-2H3/t15-,16-,17-,20?,21?/m1/s1. The molecular formula is C21H33NO6S. The molecule has 0 spiro atoms. The van der Waals surface area contributed by atoms with E-state index in [1.807, 2.05) is 13.8 Å². The van der Waals surface area contributed by atoms with Gasteiger partial charge in [0.1, 0.15) is 0 Å². The summed E-state index contributed by atoms with van der Waals surface area (Å²) in [6.07, 6.45) is 5.00. The minimum absolute atomic E-state index is 0.0142. The molecule has 8 heteroatoms. The number of nitrogens with zero attached hydrogens (tertiary/aromatic N) is 1. The maximum atomic E-state index is 13.0. The predicted molar refractivity (Wildman–Crippen MR) is 107 cm³/mol. The number of carbonyl (C=O) groups is 2. The van der Waals surface area contributed by atoms with Gasteiger partial charge in [-0.05, 0) is 62.7 Å². The van der Waals surface area contributed by atoms with Crippen molar-refractivity contribution in [3.63, 3.8) is 0 Å². The highest BCUT2D eigenvalue weighted by atomic mass is 32.2. The SMILES string of the molecule is CC(C)CN(C(=O)COC(=O)C12C[C@H]3C[C@@H](CC(O)(C3)C1)C2)[C@@H]1CCS(=O)(=O)C1. The normalized spacial score (nSPS) is 39.7. The molecule has 4 bridgehead atoms. The number of hydrogen-bond acceptors (Lipinski definition) is 6. The third kappa shape index (κ3) is 4.20. The van der Waals surface area contributed by atoms with E-state index in [1.54, 1.807) is 4.90 Å². The van der Waals surface area contributed by atoms with Gasteiger partial charge in [0.05, 0.1) is 22.5 Å². The Kier molecular flexibility index (Phi) is 5.25. The second kappa shape index (κ2) is 7.22. The first-order chi connectivity index (χ1) is 13.5. The second-order valence-corrected chi connectivity index (χ2v) is 12.8. The van der Waals surface area contributed by atoms with Crippen LogP contribution in [0.1, 0.15) is 58.8 Å². The van der Waals surface area contributed by atoms with E-state index in [1.165, 1.54) is 0 Å². The highest BCUT2D eigenvalue weighted by Gasteiger charge is 2.61. The van der Waals surface area contributed by atoms with Crippen LogP contribution in [0.5, 0.6) is 0 Å². The van der Waals surface area contributed by atoms with Crippen molar-refractivity contribution in [2.24, 2.45) is 23.2 Å². The molecule has 1 saturated heterocycles. The molecule has 29 heavy (non-hydrogen) atoms. The molecular weight excluding hydrogens is 394 g/mol. The summed E-state index contributed by atoms with van der Waals surface area (Å²) < 4.78 is 29.2. The Labute approximate surface area is 173 Å². The van der Waals surface area contributed by atoms with Crippen LogP contribution in [-0.2, 0) is 24.2 Å². The Bertz CT molecular complexity index is 777. The summed E-state index contributed by atoms with van der Waals surface area (Å²) in [6, 6.07) is -0.339. The lowest BCUT2D eigenvalue weighted by atomic mass is 9.48. The summed E-state index contributed by atoms with van der Waals surface area (Å²) in [7, 11) is -3.11. The van der Waals surface area contributed by atoms with Crippen LogP contribution < -0.4 is 0 Å². The van der Waals surface area contributed by atoms with E-state index in [0.29, 0.717) is 31.2 Å². The highest BCUT2D eigenvalue weighted by Crippen LogP contribution is 2.61. The highest BCUT2D eigenvalue weighted by molar-refractivity contribution is 7.91. The van der Waals surface area contributed by atoms with Crippen molar-refractivity contribution in [2.75, 3.05) is 24.7 Å². The fourth-order valence-corrected chi connectivity index (χ4v) is 8.42. The van der Waals surface area contributed by atoms with Gasteiger partial charge in [-0.25, -0.2) is 8.42 Å². The third-order valence-corrected chi connectivity index (χ3v) is 9.07. The van der Waals surface area contributed by atoms with Crippen LogP contribution in [0.3, 0.4) is 0 Å². The topological polar surface area (TPSA) is 101 Å². The number of hydrogen-bond donors (Lipinski definition) is 1. The van der Waals surface area contributed by atoms with E-state index in [0.717, 1.165) is 32.1 Å². The molecule has 4 saturated carbocycles. The van der Waals surface area contributed by atoms with Gasteiger partial charge < -0.3 is 14.7 Å². The lowest BCUT2D eigenvalue weighted by Gasteiger charge is -2.58. The van der Waals surface area contributed by atoms with E-state index in [-0.39, 0.29) is 41.9 Å². The Morgan fingerprint density at radius 3 is 2.34 bits per heavy atom. The van der Waals surface area contributed by atoms with Crippen LogP contribution >= 0.6 is 0 Å². The first-order valence-electron chi connectivity index (χ1n) is 10.9. The van der Waals surface area contributed by atoms with Crippen molar-refractivity contribution in [3.8, 4) is 0 Å². The Balaban J connectivity index is 1.41. The number of rotatable bonds is 6. The largest absolute Gasteiger partial charge is 0.455 e. The van der Waals surface area contributed by atoms with Crippen molar-refractivity contribution in [2.45, 2.75) is 70.4 Å². The number of aliphatic hydroxyl groups is 1. The van der Waals surface area contributed by atoms with Gasteiger partial charge in [-0.1, -0.05) is 13.8 Å². The van der Waals surface area contributed by atoms with Crippen molar-refractivity contribution in [3.05, 3.63) is 0 Å². The number of ether oxygens (including phenoxy) is 1. The summed E-state index contributed by atoms with van der Waals surface area (Å²) in [5, 5.41) is 10.8. The molecule has 0 aromatic rings. The van der Waals surface area contributed by atoms with Gasteiger partial charge in [-0.3, -0.25) is 9.59 Å². The summed E-state index contributed by atoms with van der Waals surface area (Å²) >= 11 is 0. The molecule has 0 aromatic heterocycles. The molecule has 5 aliphatic rings. The number of carbonyl (C=O) groups excluding carboxylic acids is 2. The summed E-state index contributed by atoms with van der Waals surface area (Å²) in [4.78, 5) is 27.5. The predicted octanol–water partition coefficient (Wildman–Crippen LogP) is 1.53. The summed E-state index contributed by atoms with van der Waals surface area (Å²) in [5.41, 5.74) is -1.41. The van der Waals surface area contributed by atoms with Crippen molar-refractivity contribution < 1.29 is 27.9 Å². The van der Waals surface area contributed by atoms with Gasteiger partial charge in [0.15, 0.2) is 16.4 Å². The minimum atomic E-state index is -3.11. The van der Waals surface area contributed by atoms with Crippen molar-refractivity contribution >= 4 is 21.7 Å². The molecule has 0 radical (unpaired) electrons. The molecule has 5 rings (SSSR count). The Hall–Kier alpha value is -1.15. The molecule has 1 aliphatic heterocycles. The van der Waals surface area contributed by atoms with Crippen molar-refractivity contribution in [1.29, 1.82) is 0 Å². The van der Waals surface area contributed by atoms with Crippen LogP contribution in [0.15, 0.2) is 0 Å². The van der Waals surface area contributed by atoms with Gasteiger partial charge >= 0.3 is 5.97 Å². The summed E-state index contributed by atoms with van der Waals surface area (Å²) in [6.45, 7) is 4.06. The molecule has 0 unspecified atom stereocenters. The monoisotopic (exact) mass is 427 g/mol. The molecule has 0 aromatic carbocycles. The van der Waals surface area contributed by atoms with Crippen LogP contribution in [0, 0.1) is 23.2 Å². The third-order valence-electron chi connectivity index (χ3n) is 7.32. The lowest BCUT2D eigenvalue weighted by Crippen LogP contribution is -2.58. The number of esters is 1. The van der Waals surface area contributed by atoms with E-state index in [9.17, 15) is 23.1 Å². The number of amides is 1. The number of sulfone groups is 1. The maximum absolute atomic E-state index is 13.0. The van der Waals surface area contributed by atoms with Crippen LogP contribution in [0.25, 0.3) is 0 Å². The Morgan fingerprint density at radius 2 is 1.83 bits per heavy atom. The fourth-order valence-electron chi connectivity index (χ4n) is 6.69. The average molecular weight is 428 g/mol. The average Bonchev–Trinajstić information content (AvgIpc) is 2.94. The van der Waals surface area contributed by atoms with Crippen molar-refractivity contribution in [1.82, 2.24) is 4.90 Å². The van der Waals surface area contributed by atoms with Gasteiger partial charge in [-0.2, -0.15) is 0 Å². The quantitative estimate of drug-likeness (QED) is 0.645. The molecule has 164 valence electrons. The van der Waals surface area contributed by atoms with Crippen LogP contribution in [-0.4, -0.2) is 66.6 Å². The van der Waals surface area contributed by atoms with Gasteiger partial charge in [-0.15, -0.1) is 0 Å². The van der Waals surface area contributed by atoms with Gasteiger partial charge in [0.25, 0.3) is 5.91 Å². The molecule has 3 atom stereocenters. The zero-order chi connectivity index (χ0) is 21.0. The first kappa shape index (κ1) is 21.1. The van der Waals surface area contributed by atoms with E-state index >= 15 is 0 Å². The molecule has 4 aliphatic carbocycles. The maximum Gasteiger partial charge on any atom is 0.312 e. The van der Waals surface area contributed by atoms with E-state index < -0.39 is 20.9 Å². The first-order valence-corrected chi connectivity index (χ1v) is 12.7. The molecule has 5 fully saturated rings. The molecule has 1 N–H and O–H groups in total. The van der Waals surface area contributed by atoms with Crippen LogP contribution in [0.4, 0.5) is 0 Å². The van der Waals surface area contributed by atoms with Crippen LogP contribution in [0.2, 0.25) is 0 Å². The lowest BCUT2D eigenvalue weighted by molar-refractivity contribution is -0.197. The van der Waals surface area contributed by atoms with E-state index in [4.69, 9.17) is 4.74 Å². The molecule has 1 amide bonds. The summed E-state index contributed by atoms with van der Waals surface area (Å²) in [5.74, 6) is 0.329. The van der Waals surface area contributed by atoms with Gasteiger partial charge in [0, 0.05) is 12.6 Å².